The molecule has 94 valence electrons. The van der Waals surface area contributed by atoms with Gasteiger partial charge in [0.1, 0.15) is 5.75 Å². The first-order valence-corrected chi connectivity index (χ1v) is 5.44. The topological polar surface area (TPSA) is 68.5 Å². The van der Waals surface area contributed by atoms with Gasteiger partial charge in [-0.3, -0.25) is 4.79 Å². The Morgan fingerprint density at radius 2 is 2.11 bits per heavy atom. The zero-order valence-corrected chi connectivity index (χ0v) is 10.5. The Kier molecular flexibility index (Phi) is 3.00. The highest BCUT2D eigenvalue weighted by Gasteiger charge is 2.21. The second kappa shape index (κ2) is 4.34. The number of pyridine rings is 1. The average molecular weight is 268 g/mol. The van der Waals surface area contributed by atoms with E-state index in [-0.39, 0.29) is 11.3 Å². The van der Waals surface area contributed by atoms with Gasteiger partial charge >= 0.3 is 5.97 Å². The lowest BCUT2D eigenvalue weighted by atomic mass is 10.1. The Bertz CT molecular complexity index is 705. The molecule has 0 unspecified atom stereocenters. The first-order chi connectivity index (χ1) is 8.47. The molecule has 0 radical (unpaired) electrons. The van der Waals surface area contributed by atoms with Crippen molar-refractivity contribution < 1.29 is 14.6 Å². The quantitative estimate of drug-likeness (QED) is 0.902. The molecule has 0 saturated carbocycles. The van der Waals surface area contributed by atoms with Gasteiger partial charge in [0.05, 0.1) is 12.6 Å². The number of rotatable bonds is 2. The van der Waals surface area contributed by atoms with Crippen molar-refractivity contribution in [1.82, 2.24) is 4.57 Å². The summed E-state index contributed by atoms with van der Waals surface area (Å²) in [6.45, 7) is 0. The van der Waals surface area contributed by atoms with Crippen LogP contribution < -0.4 is 10.3 Å². The summed E-state index contributed by atoms with van der Waals surface area (Å²) in [5.74, 6) is -1.26. The molecule has 0 spiro atoms. The van der Waals surface area contributed by atoms with E-state index < -0.39 is 11.5 Å². The molecule has 0 fully saturated rings. The summed E-state index contributed by atoms with van der Waals surface area (Å²) in [5.41, 5.74) is -0.488. The number of nitrogens with zero attached hydrogens (tertiary/aromatic N) is 1. The molecular formula is C12H10ClNO4. The molecule has 2 rings (SSSR count). The van der Waals surface area contributed by atoms with Crippen molar-refractivity contribution in [2.45, 2.75) is 0 Å². The van der Waals surface area contributed by atoms with E-state index in [2.05, 4.69) is 0 Å². The monoisotopic (exact) mass is 267 g/mol. The van der Waals surface area contributed by atoms with Crippen molar-refractivity contribution in [3.63, 3.8) is 0 Å². The number of fused-ring (bicyclic) bond motifs is 1. The van der Waals surface area contributed by atoms with Crippen LogP contribution in [0.5, 0.6) is 5.75 Å². The highest BCUT2D eigenvalue weighted by atomic mass is 35.5. The summed E-state index contributed by atoms with van der Waals surface area (Å²) in [5, 5.41) is 10.1. The predicted molar refractivity (Wildman–Crippen MR) is 67.7 cm³/mol. The molecule has 0 aliphatic heterocycles. The minimum absolute atomic E-state index is 0.0530. The number of methoxy groups -OCH3 is 1. The van der Waals surface area contributed by atoms with Gasteiger partial charge in [0.15, 0.2) is 5.56 Å². The second-order valence-electron chi connectivity index (χ2n) is 3.74. The van der Waals surface area contributed by atoms with Gasteiger partial charge in [0.25, 0.3) is 5.56 Å². The average Bonchev–Trinajstić information content (AvgIpc) is 2.33. The van der Waals surface area contributed by atoms with Gasteiger partial charge in [-0.2, -0.15) is 0 Å². The van der Waals surface area contributed by atoms with Crippen LogP contribution in [0.3, 0.4) is 0 Å². The molecule has 5 nitrogen and oxygen atoms in total. The fourth-order valence-corrected chi connectivity index (χ4v) is 2.05. The molecule has 0 aliphatic rings. The molecule has 0 bridgehead atoms. The largest absolute Gasteiger partial charge is 0.495 e. The zero-order valence-electron chi connectivity index (χ0n) is 9.73. The summed E-state index contributed by atoms with van der Waals surface area (Å²) in [6.07, 6.45) is 0. The first-order valence-electron chi connectivity index (χ1n) is 5.07. The molecule has 0 atom stereocenters. The van der Waals surface area contributed by atoms with Crippen LogP contribution >= 0.6 is 11.6 Å². The molecule has 0 amide bonds. The highest BCUT2D eigenvalue weighted by Crippen LogP contribution is 2.28. The van der Waals surface area contributed by atoms with Crippen molar-refractivity contribution in [1.29, 1.82) is 0 Å². The highest BCUT2D eigenvalue weighted by molar-refractivity contribution is 6.31. The summed E-state index contributed by atoms with van der Waals surface area (Å²) < 4.78 is 6.30. The lowest BCUT2D eigenvalue weighted by molar-refractivity contribution is 0.0691. The smallest absolute Gasteiger partial charge is 0.345 e. The van der Waals surface area contributed by atoms with E-state index in [1.807, 2.05) is 0 Å². The number of ether oxygens (including phenoxy) is 1. The van der Waals surface area contributed by atoms with Crippen LogP contribution in [0.15, 0.2) is 23.0 Å². The van der Waals surface area contributed by atoms with E-state index >= 15 is 0 Å². The minimum atomic E-state index is -1.32. The number of carboxylic acids is 1. The van der Waals surface area contributed by atoms with Gasteiger partial charge < -0.3 is 14.4 Å². The minimum Gasteiger partial charge on any atom is -0.495 e. The predicted octanol–water partition coefficient (Wildman–Crippen LogP) is 1.90. The van der Waals surface area contributed by atoms with Gasteiger partial charge in [0.2, 0.25) is 0 Å². The van der Waals surface area contributed by atoms with E-state index in [1.54, 1.807) is 18.2 Å². The normalized spacial score (nSPS) is 10.6. The van der Waals surface area contributed by atoms with E-state index in [4.69, 9.17) is 21.4 Å². The molecular weight excluding hydrogens is 258 g/mol. The number of carbonyl (C=O) groups is 1. The Labute approximate surface area is 107 Å². The van der Waals surface area contributed by atoms with Crippen LogP contribution in [0, 0.1) is 0 Å². The number of hydrogen-bond donors (Lipinski definition) is 1. The summed E-state index contributed by atoms with van der Waals surface area (Å²) in [6, 6.07) is 4.83. The van der Waals surface area contributed by atoms with Crippen LogP contribution in [0.25, 0.3) is 10.9 Å². The van der Waals surface area contributed by atoms with Crippen molar-refractivity contribution in [2.24, 2.45) is 7.05 Å². The van der Waals surface area contributed by atoms with Crippen molar-refractivity contribution in [3.8, 4) is 5.75 Å². The number of carboxylic acid groups (broad SMARTS) is 1. The molecule has 1 aromatic carbocycles. The number of aromatic carboxylic acids is 1. The molecule has 0 aliphatic carbocycles. The number of aromatic nitrogens is 1. The molecule has 18 heavy (non-hydrogen) atoms. The SMILES string of the molecule is COc1c(C(=O)O)c(=O)n(C)c2cc(Cl)ccc12. The third-order valence-corrected chi connectivity index (χ3v) is 2.96. The third kappa shape index (κ3) is 1.73. The molecule has 1 heterocycles. The number of aryl methyl sites for hydroxylation is 1. The second-order valence-corrected chi connectivity index (χ2v) is 4.18. The Morgan fingerprint density at radius 3 is 2.67 bits per heavy atom. The maximum atomic E-state index is 12.0. The maximum absolute atomic E-state index is 12.0. The summed E-state index contributed by atoms with van der Waals surface area (Å²) >= 11 is 5.87. The summed E-state index contributed by atoms with van der Waals surface area (Å²) in [4.78, 5) is 23.1. The van der Waals surface area contributed by atoms with Gasteiger partial charge in [0, 0.05) is 17.5 Å². The lowest BCUT2D eigenvalue weighted by Gasteiger charge is -2.12. The molecule has 6 heteroatoms. The van der Waals surface area contributed by atoms with Crippen molar-refractivity contribution >= 4 is 28.5 Å². The maximum Gasteiger partial charge on any atom is 0.345 e. The molecule has 2 aromatic rings. The Morgan fingerprint density at radius 1 is 1.44 bits per heavy atom. The van der Waals surface area contributed by atoms with Gasteiger partial charge in [-0.1, -0.05) is 11.6 Å². The van der Waals surface area contributed by atoms with Crippen LogP contribution in [0.1, 0.15) is 10.4 Å². The molecule has 1 aromatic heterocycles. The van der Waals surface area contributed by atoms with E-state index in [1.165, 1.54) is 18.7 Å². The van der Waals surface area contributed by atoms with Crippen LogP contribution in [-0.2, 0) is 7.05 Å². The first kappa shape index (κ1) is 12.4. The van der Waals surface area contributed by atoms with E-state index in [9.17, 15) is 9.59 Å². The Hall–Kier alpha value is -2.01. The van der Waals surface area contributed by atoms with Crippen LogP contribution in [0.4, 0.5) is 0 Å². The van der Waals surface area contributed by atoms with Gasteiger partial charge in [-0.25, -0.2) is 4.79 Å². The summed E-state index contributed by atoms with van der Waals surface area (Å²) in [7, 11) is 2.82. The van der Waals surface area contributed by atoms with Gasteiger partial charge in [-0.15, -0.1) is 0 Å². The fraction of sp³-hybridized carbons (Fsp3) is 0.167. The zero-order chi connectivity index (χ0) is 13.4. The van der Waals surface area contributed by atoms with E-state index in [0.29, 0.717) is 15.9 Å². The van der Waals surface area contributed by atoms with Crippen molar-refractivity contribution in [3.05, 3.63) is 39.1 Å². The van der Waals surface area contributed by atoms with Crippen molar-refractivity contribution in [2.75, 3.05) is 7.11 Å². The number of halogens is 1. The third-order valence-electron chi connectivity index (χ3n) is 2.73. The standard InChI is InChI=1S/C12H10ClNO4/c1-14-8-5-6(13)3-4-7(8)10(18-2)9(11(14)15)12(16)17/h3-5H,1-2H3,(H,16,17). The molecule has 1 N–H and O–H groups in total. The number of benzene rings is 1. The Balaban J connectivity index is 3.06. The number of hydrogen-bond acceptors (Lipinski definition) is 3. The molecule has 0 saturated heterocycles. The fourth-order valence-electron chi connectivity index (χ4n) is 1.88. The van der Waals surface area contributed by atoms with Crippen LogP contribution in [0.2, 0.25) is 5.02 Å². The van der Waals surface area contributed by atoms with E-state index in [0.717, 1.165) is 0 Å². The lowest BCUT2D eigenvalue weighted by Crippen LogP contribution is -2.25. The van der Waals surface area contributed by atoms with Crippen LogP contribution in [-0.4, -0.2) is 22.8 Å². The van der Waals surface area contributed by atoms with Gasteiger partial charge in [-0.05, 0) is 18.2 Å².